The van der Waals surface area contributed by atoms with Crippen LogP contribution in [0.4, 0.5) is 0 Å². The first-order valence-corrected chi connectivity index (χ1v) is 8.96. The van der Waals surface area contributed by atoms with Crippen molar-refractivity contribution < 1.29 is 44.1 Å². The van der Waals surface area contributed by atoms with Crippen LogP contribution in [0.2, 0.25) is 0 Å². The summed E-state index contributed by atoms with van der Waals surface area (Å²) in [6.45, 7) is 1.23. The normalized spacial score (nSPS) is 14.6. The topological polar surface area (TPSA) is 225 Å². The summed E-state index contributed by atoms with van der Waals surface area (Å²) in [6, 6.07) is -5.43. The summed E-state index contributed by atoms with van der Waals surface area (Å²) in [5.41, 5.74) is 5.51. The van der Waals surface area contributed by atoms with Crippen LogP contribution in [-0.2, 0) is 28.8 Å². The molecule has 0 aliphatic rings. The second-order valence-electron chi connectivity index (χ2n) is 6.01. The van der Waals surface area contributed by atoms with Crippen LogP contribution in [0.3, 0.4) is 0 Å². The number of nitrogens with two attached hydrogens (primary N) is 1. The highest BCUT2D eigenvalue weighted by atomic mass is 32.1. The first kappa shape index (κ1) is 26.1. The van der Waals surface area contributed by atoms with E-state index in [1.807, 2.05) is 0 Å². The number of amides is 3. The van der Waals surface area contributed by atoms with Crippen LogP contribution in [-0.4, -0.2) is 80.9 Å². The molecule has 0 bridgehead atoms. The van der Waals surface area contributed by atoms with Gasteiger partial charge in [-0.15, -0.1) is 0 Å². The second-order valence-corrected chi connectivity index (χ2v) is 6.38. The van der Waals surface area contributed by atoms with Gasteiger partial charge in [-0.25, -0.2) is 4.79 Å². The van der Waals surface area contributed by atoms with Crippen molar-refractivity contribution in [3.05, 3.63) is 0 Å². The minimum absolute atomic E-state index is 0.201. The minimum atomic E-state index is -1.59. The summed E-state index contributed by atoms with van der Waals surface area (Å²) in [4.78, 5) is 68.6. The van der Waals surface area contributed by atoms with E-state index in [0.717, 1.165) is 0 Å². The van der Waals surface area contributed by atoms with Crippen LogP contribution in [0.1, 0.15) is 26.2 Å². The van der Waals surface area contributed by atoms with E-state index < -0.39 is 72.6 Å². The van der Waals surface area contributed by atoms with Crippen LogP contribution in [0, 0.1) is 0 Å². The number of carbonyl (C=O) groups is 6. The smallest absolute Gasteiger partial charge is 0.327 e. The van der Waals surface area contributed by atoms with Gasteiger partial charge in [-0.05, 0) is 13.3 Å². The largest absolute Gasteiger partial charge is 0.481 e. The highest BCUT2D eigenvalue weighted by Gasteiger charge is 2.29. The molecule has 3 amide bonds. The van der Waals surface area contributed by atoms with Gasteiger partial charge in [0.15, 0.2) is 0 Å². The monoisotopic (exact) mass is 436 g/mol. The number of carboxylic acids is 3. The molecule has 0 saturated carbocycles. The van der Waals surface area contributed by atoms with Gasteiger partial charge in [0.25, 0.3) is 0 Å². The molecule has 0 aliphatic heterocycles. The minimum Gasteiger partial charge on any atom is -0.481 e. The molecule has 164 valence electrons. The summed E-state index contributed by atoms with van der Waals surface area (Å²) < 4.78 is 0. The molecule has 0 fully saturated rings. The Hall–Kier alpha value is -2.87. The molecule has 0 radical (unpaired) electrons. The van der Waals surface area contributed by atoms with E-state index in [4.69, 9.17) is 21.1 Å². The molecule has 29 heavy (non-hydrogen) atoms. The van der Waals surface area contributed by atoms with Gasteiger partial charge in [0.05, 0.1) is 12.5 Å². The van der Waals surface area contributed by atoms with E-state index in [2.05, 4.69) is 28.6 Å². The molecular formula is C15H24N4O9S. The average molecular weight is 436 g/mol. The predicted octanol–water partition coefficient (Wildman–Crippen LogP) is -2.86. The van der Waals surface area contributed by atoms with Crippen LogP contribution in [0.15, 0.2) is 0 Å². The van der Waals surface area contributed by atoms with E-state index in [1.165, 1.54) is 6.92 Å². The van der Waals surface area contributed by atoms with Gasteiger partial charge in [-0.3, -0.25) is 24.0 Å². The molecule has 4 unspecified atom stereocenters. The Bertz CT molecular complexity index is 658. The molecule has 0 rings (SSSR count). The van der Waals surface area contributed by atoms with Gasteiger partial charge >= 0.3 is 17.9 Å². The number of thiol groups is 1. The van der Waals surface area contributed by atoms with Gasteiger partial charge in [0.2, 0.25) is 17.7 Å². The summed E-state index contributed by atoms with van der Waals surface area (Å²) >= 11 is 3.78. The van der Waals surface area contributed by atoms with Crippen LogP contribution in [0.5, 0.6) is 0 Å². The molecular weight excluding hydrogens is 412 g/mol. The Kier molecular flexibility index (Phi) is 11.3. The molecule has 0 aromatic rings. The third-order valence-electron chi connectivity index (χ3n) is 3.57. The van der Waals surface area contributed by atoms with Crippen molar-refractivity contribution in [1.82, 2.24) is 16.0 Å². The maximum Gasteiger partial charge on any atom is 0.327 e. The van der Waals surface area contributed by atoms with Crippen molar-refractivity contribution in [2.75, 3.05) is 5.75 Å². The molecule has 0 spiro atoms. The summed E-state index contributed by atoms with van der Waals surface area (Å²) in [6.07, 6.45) is -1.47. The Morgan fingerprint density at radius 3 is 1.86 bits per heavy atom. The molecule has 8 N–H and O–H groups in total. The van der Waals surface area contributed by atoms with E-state index in [-0.39, 0.29) is 12.2 Å². The van der Waals surface area contributed by atoms with Crippen molar-refractivity contribution >= 4 is 48.3 Å². The van der Waals surface area contributed by atoms with Gasteiger partial charge in [-0.1, -0.05) is 0 Å². The van der Waals surface area contributed by atoms with Gasteiger partial charge < -0.3 is 37.0 Å². The summed E-state index contributed by atoms with van der Waals surface area (Å²) in [5.74, 6) is -6.97. The molecule has 13 nitrogen and oxygen atoms in total. The van der Waals surface area contributed by atoms with E-state index in [9.17, 15) is 28.8 Å². The fourth-order valence-corrected chi connectivity index (χ4v) is 2.18. The van der Waals surface area contributed by atoms with E-state index >= 15 is 0 Å². The number of carbonyl (C=O) groups excluding carboxylic acids is 3. The zero-order chi connectivity index (χ0) is 22.7. The molecule has 0 aromatic carbocycles. The summed E-state index contributed by atoms with van der Waals surface area (Å²) in [5, 5.41) is 32.8. The predicted molar refractivity (Wildman–Crippen MR) is 100 cm³/mol. The Morgan fingerprint density at radius 1 is 0.862 bits per heavy atom. The number of rotatable bonds is 13. The zero-order valence-electron chi connectivity index (χ0n) is 15.5. The van der Waals surface area contributed by atoms with Crippen LogP contribution < -0.4 is 21.7 Å². The third kappa shape index (κ3) is 10.3. The number of nitrogens with one attached hydrogen (secondary N) is 3. The quantitative estimate of drug-likeness (QED) is 0.138. The number of hydrogen-bond donors (Lipinski definition) is 8. The van der Waals surface area contributed by atoms with Crippen molar-refractivity contribution in [2.45, 2.75) is 50.4 Å². The van der Waals surface area contributed by atoms with Gasteiger partial charge in [0.1, 0.15) is 18.1 Å². The van der Waals surface area contributed by atoms with E-state index in [1.54, 1.807) is 0 Å². The zero-order valence-corrected chi connectivity index (χ0v) is 16.3. The number of aliphatic carboxylic acids is 3. The first-order valence-electron chi connectivity index (χ1n) is 8.33. The fourth-order valence-electron chi connectivity index (χ4n) is 1.93. The molecule has 0 saturated heterocycles. The third-order valence-corrected chi connectivity index (χ3v) is 3.93. The highest BCUT2D eigenvalue weighted by molar-refractivity contribution is 7.80. The second kappa shape index (κ2) is 12.6. The lowest BCUT2D eigenvalue weighted by atomic mass is 10.1. The van der Waals surface area contributed by atoms with Crippen LogP contribution >= 0.6 is 12.6 Å². The maximum atomic E-state index is 12.3. The molecule has 0 aromatic heterocycles. The molecule has 0 aliphatic carbocycles. The lowest BCUT2D eigenvalue weighted by Gasteiger charge is -2.22. The lowest BCUT2D eigenvalue weighted by molar-refractivity contribution is -0.142. The molecule has 14 heteroatoms. The van der Waals surface area contributed by atoms with Gasteiger partial charge in [0, 0.05) is 12.2 Å². The van der Waals surface area contributed by atoms with Crippen LogP contribution in [0.25, 0.3) is 0 Å². The Labute approximate surface area is 170 Å². The van der Waals surface area contributed by atoms with E-state index in [0.29, 0.717) is 0 Å². The SMILES string of the molecule is CC(NC(=O)C(CC(=O)O)NC(=O)C(N)CCC(=O)O)C(=O)NC(CS)C(=O)O. The highest BCUT2D eigenvalue weighted by Crippen LogP contribution is 2.00. The molecule has 4 atom stereocenters. The lowest BCUT2D eigenvalue weighted by Crippen LogP contribution is -2.56. The Balaban J connectivity index is 5.00. The molecule has 0 heterocycles. The standard InChI is InChI=1S/C15H24N4O9S/c1-6(12(24)19-9(5-29)15(27)28)17-14(26)8(4-11(22)23)18-13(25)7(16)2-3-10(20)21/h6-9,29H,2-5,16H2,1H3,(H,17,26)(H,18,25)(H,19,24)(H,20,21)(H,22,23)(H,27,28). The number of carboxylic acid groups (broad SMARTS) is 3. The van der Waals surface area contributed by atoms with Crippen molar-refractivity contribution in [1.29, 1.82) is 0 Å². The number of hydrogen-bond acceptors (Lipinski definition) is 8. The van der Waals surface area contributed by atoms with Crippen molar-refractivity contribution in [2.24, 2.45) is 5.73 Å². The first-order chi connectivity index (χ1) is 13.4. The maximum absolute atomic E-state index is 12.3. The average Bonchev–Trinajstić information content (AvgIpc) is 2.62. The van der Waals surface area contributed by atoms with Crippen molar-refractivity contribution in [3.8, 4) is 0 Å². The fraction of sp³-hybridized carbons (Fsp3) is 0.600. The summed E-state index contributed by atoms with van der Waals surface area (Å²) in [7, 11) is 0. The van der Waals surface area contributed by atoms with Gasteiger partial charge in [-0.2, -0.15) is 12.6 Å². The van der Waals surface area contributed by atoms with Crippen molar-refractivity contribution in [3.63, 3.8) is 0 Å². The Morgan fingerprint density at radius 2 is 1.41 bits per heavy atom.